The van der Waals surface area contributed by atoms with Crippen molar-refractivity contribution in [1.82, 2.24) is 9.97 Å². The van der Waals surface area contributed by atoms with Crippen LogP contribution in [-0.4, -0.2) is 24.2 Å². The molecule has 0 amide bonds. The molecule has 0 aliphatic rings. The van der Waals surface area contributed by atoms with E-state index in [0.717, 1.165) is 16.9 Å². The Bertz CT molecular complexity index is 963. The minimum Gasteiger partial charge on any atom is -0.497 e. The van der Waals surface area contributed by atoms with Crippen LogP contribution in [0.5, 0.6) is 11.5 Å². The molecular weight excluding hydrogens is 364 g/mol. The quantitative estimate of drug-likeness (QED) is 0.604. The number of ether oxygens (including phenoxy) is 2. The van der Waals surface area contributed by atoms with Gasteiger partial charge in [-0.1, -0.05) is 17.7 Å². The number of rotatable bonds is 6. The molecule has 1 heterocycles. The zero-order valence-corrected chi connectivity index (χ0v) is 16.4. The van der Waals surface area contributed by atoms with Gasteiger partial charge in [-0.2, -0.15) is 4.98 Å². The van der Waals surface area contributed by atoms with Crippen LogP contribution >= 0.6 is 11.6 Å². The van der Waals surface area contributed by atoms with Crippen LogP contribution in [0.4, 0.5) is 23.1 Å². The number of methoxy groups -OCH3 is 2. The Balaban J connectivity index is 1.91. The topological polar surface area (TPSA) is 68.3 Å². The second-order valence-electron chi connectivity index (χ2n) is 5.99. The lowest BCUT2D eigenvalue weighted by Gasteiger charge is -2.14. The molecule has 0 unspecified atom stereocenters. The van der Waals surface area contributed by atoms with Crippen molar-refractivity contribution in [2.45, 2.75) is 13.8 Å². The summed E-state index contributed by atoms with van der Waals surface area (Å²) in [6.07, 6.45) is 0. The molecule has 0 spiro atoms. The summed E-state index contributed by atoms with van der Waals surface area (Å²) < 4.78 is 10.7. The molecule has 140 valence electrons. The molecule has 27 heavy (non-hydrogen) atoms. The predicted octanol–water partition coefficient (Wildman–Crippen LogP) is 5.25. The Hall–Kier alpha value is -2.99. The number of halogens is 1. The van der Waals surface area contributed by atoms with Gasteiger partial charge in [-0.3, -0.25) is 0 Å². The third-order valence-electron chi connectivity index (χ3n) is 3.97. The van der Waals surface area contributed by atoms with Crippen molar-refractivity contribution in [2.75, 3.05) is 24.9 Å². The van der Waals surface area contributed by atoms with Gasteiger partial charge in [-0.05, 0) is 43.7 Å². The zero-order valence-electron chi connectivity index (χ0n) is 15.6. The number of hydrogen-bond donors (Lipinski definition) is 2. The van der Waals surface area contributed by atoms with Crippen LogP contribution in [0.1, 0.15) is 11.3 Å². The van der Waals surface area contributed by atoms with Gasteiger partial charge < -0.3 is 20.1 Å². The summed E-state index contributed by atoms with van der Waals surface area (Å²) in [5.41, 5.74) is 3.49. The van der Waals surface area contributed by atoms with E-state index in [9.17, 15) is 0 Å². The van der Waals surface area contributed by atoms with Crippen LogP contribution in [0.25, 0.3) is 0 Å². The maximum atomic E-state index is 6.10. The second kappa shape index (κ2) is 8.14. The number of anilines is 4. The second-order valence-corrected chi connectivity index (χ2v) is 6.43. The highest BCUT2D eigenvalue weighted by molar-refractivity contribution is 6.30. The van der Waals surface area contributed by atoms with Crippen molar-refractivity contribution in [3.63, 3.8) is 0 Å². The number of aryl methyl sites for hydroxylation is 2. The molecule has 7 heteroatoms. The average molecular weight is 385 g/mol. The van der Waals surface area contributed by atoms with Crippen molar-refractivity contribution in [2.24, 2.45) is 0 Å². The summed E-state index contributed by atoms with van der Waals surface area (Å²) in [5, 5.41) is 7.16. The lowest BCUT2D eigenvalue weighted by molar-refractivity contribution is 0.405. The highest BCUT2D eigenvalue weighted by Crippen LogP contribution is 2.31. The summed E-state index contributed by atoms with van der Waals surface area (Å²) in [6.45, 7) is 3.92. The lowest BCUT2D eigenvalue weighted by Crippen LogP contribution is -2.04. The van der Waals surface area contributed by atoms with E-state index < -0.39 is 0 Å². The fourth-order valence-corrected chi connectivity index (χ4v) is 2.76. The minimum atomic E-state index is 0.448. The monoisotopic (exact) mass is 384 g/mol. The van der Waals surface area contributed by atoms with Gasteiger partial charge in [-0.25, -0.2) is 4.98 Å². The van der Waals surface area contributed by atoms with Crippen molar-refractivity contribution in [1.29, 1.82) is 0 Å². The molecule has 2 N–H and O–H groups in total. The molecule has 0 atom stereocenters. The molecule has 0 bridgehead atoms. The summed E-state index contributed by atoms with van der Waals surface area (Å²) in [6, 6.07) is 13.0. The van der Waals surface area contributed by atoms with E-state index in [-0.39, 0.29) is 0 Å². The Morgan fingerprint density at radius 3 is 2.41 bits per heavy atom. The summed E-state index contributed by atoms with van der Waals surface area (Å²) in [7, 11) is 3.23. The molecule has 0 saturated heterocycles. The van der Waals surface area contributed by atoms with Crippen LogP contribution in [0, 0.1) is 13.8 Å². The zero-order chi connectivity index (χ0) is 19.4. The Labute approximate surface area is 163 Å². The maximum Gasteiger partial charge on any atom is 0.229 e. The first-order valence-corrected chi connectivity index (χ1v) is 8.74. The van der Waals surface area contributed by atoms with Gasteiger partial charge in [0.25, 0.3) is 0 Å². The van der Waals surface area contributed by atoms with Crippen LogP contribution in [-0.2, 0) is 0 Å². The summed E-state index contributed by atoms with van der Waals surface area (Å²) in [4.78, 5) is 9.01. The van der Waals surface area contributed by atoms with Crippen molar-refractivity contribution < 1.29 is 9.47 Å². The molecule has 3 aromatic rings. The van der Waals surface area contributed by atoms with Crippen LogP contribution in [0.3, 0.4) is 0 Å². The molecule has 0 saturated carbocycles. The lowest BCUT2D eigenvalue weighted by atomic mass is 10.2. The van der Waals surface area contributed by atoms with E-state index in [1.807, 2.05) is 56.3 Å². The van der Waals surface area contributed by atoms with Gasteiger partial charge in [0.05, 0.1) is 19.9 Å². The molecule has 2 aromatic carbocycles. The molecule has 0 fully saturated rings. The van der Waals surface area contributed by atoms with E-state index in [0.29, 0.717) is 34.0 Å². The SMILES string of the molecule is COc1ccc(OC)c(Nc2nc(C)cc(Nc3cc(Cl)ccc3C)n2)c1. The Morgan fingerprint density at radius 1 is 0.852 bits per heavy atom. The van der Waals surface area contributed by atoms with Gasteiger partial charge in [0, 0.05) is 28.5 Å². The Morgan fingerprint density at radius 2 is 1.67 bits per heavy atom. The molecular formula is C20H21ClN4O2. The number of aromatic nitrogens is 2. The number of nitrogens with one attached hydrogen (secondary N) is 2. The first-order chi connectivity index (χ1) is 13.0. The Kier molecular flexibility index (Phi) is 5.66. The van der Waals surface area contributed by atoms with Crippen molar-refractivity contribution in [3.8, 4) is 11.5 Å². The van der Waals surface area contributed by atoms with Crippen molar-refractivity contribution >= 4 is 34.7 Å². The maximum absolute atomic E-state index is 6.10. The van der Waals surface area contributed by atoms with Crippen molar-refractivity contribution in [3.05, 3.63) is 58.7 Å². The third kappa shape index (κ3) is 4.60. The largest absolute Gasteiger partial charge is 0.497 e. The van der Waals surface area contributed by atoms with Gasteiger partial charge in [0.2, 0.25) is 5.95 Å². The number of benzene rings is 2. The van der Waals surface area contributed by atoms with Gasteiger partial charge in [0.1, 0.15) is 17.3 Å². The highest BCUT2D eigenvalue weighted by atomic mass is 35.5. The molecule has 1 aromatic heterocycles. The number of nitrogens with zero attached hydrogens (tertiary/aromatic N) is 2. The van der Waals surface area contributed by atoms with Gasteiger partial charge in [-0.15, -0.1) is 0 Å². The van der Waals surface area contributed by atoms with E-state index in [1.165, 1.54) is 0 Å². The molecule has 3 rings (SSSR count). The predicted molar refractivity (Wildman–Crippen MR) is 109 cm³/mol. The fraction of sp³-hybridized carbons (Fsp3) is 0.200. The summed E-state index contributed by atoms with van der Waals surface area (Å²) >= 11 is 6.10. The smallest absolute Gasteiger partial charge is 0.229 e. The molecule has 6 nitrogen and oxygen atoms in total. The molecule has 0 aliphatic carbocycles. The van der Waals surface area contributed by atoms with Gasteiger partial charge >= 0.3 is 0 Å². The highest BCUT2D eigenvalue weighted by Gasteiger charge is 2.09. The van der Waals surface area contributed by atoms with Crippen LogP contribution in [0.15, 0.2) is 42.5 Å². The average Bonchev–Trinajstić information content (AvgIpc) is 2.64. The number of hydrogen-bond acceptors (Lipinski definition) is 6. The van der Waals surface area contributed by atoms with Crippen LogP contribution in [0.2, 0.25) is 5.02 Å². The molecule has 0 radical (unpaired) electrons. The van der Waals surface area contributed by atoms with E-state index in [1.54, 1.807) is 14.2 Å². The molecule has 0 aliphatic heterocycles. The van der Waals surface area contributed by atoms with Gasteiger partial charge in [0.15, 0.2) is 0 Å². The van der Waals surface area contributed by atoms with E-state index in [4.69, 9.17) is 21.1 Å². The first-order valence-electron chi connectivity index (χ1n) is 8.36. The summed E-state index contributed by atoms with van der Waals surface area (Å²) in [5.74, 6) is 2.49. The minimum absolute atomic E-state index is 0.448. The van der Waals surface area contributed by atoms with E-state index >= 15 is 0 Å². The standard InChI is InChI=1S/C20H21ClN4O2/c1-12-5-6-14(21)10-16(12)23-19-9-13(2)22-20(25-19)24-17-11-15(26-3)7-8-18(17)27-4/h5-11H,1-4H3,(H2,22,23,24,25). The van der Waals surface area contributed by atoms with Crippen LogP contribution < -0.4 is 20.1 Å². The normalized spacial score (nSPS) is 10.4. The third-order valence-corrected chi connectivity index (χ3v) is 4.20. The first kappa shape index (κ1) is 18.8. The van der Waals surface area contributed by atoms with E-state index in [2.05, 4.69) is 20.6 Å². The fourth-order valence-electron chi connectivity index (χ4n) is 2.59.